The average Bonchev–Trinajstić information content (AvgIpc) is 3.04. The summed E-state index contributed by atoms with van der Waals surface area (Å²) in [5.41, 5.74) is 2.49. The van der Waals surface area contributed by atoms with Crippen LogP contribution in [0.1, 0.15) is 22.8 Å². The summed E-state index contributed by atoms with van der Waals surface area (Å²) in [6.45, 7) is 1.96. The van der Waals surface area contributed by atoms with E-state index in [9.17, 15) is 13.2 Å². The van der Waals surface area contributed by atoms with E-state index in [0.717, 1.165) is 11.3 Å². The number of nitrogens with zero attached hydrogens (tertiary/aromatic N) is 1. The second kappa shape index (κ2) is 7.54. The van der Waals surface area contributed by atoms with Gasteiger partial charge in [-0.1, -0.05) is 41.9 Å². The first-order chi connectivity index (χ1) is 13.9. The molecule has 29 heavy (non-hydrogen) atoms. The fourth-order valence-corrected chi connectivity index (χ4v) is 4.92. The van der Waals surface area contributed by atoms with Crippen LogP contribution in [0.15, 0.2) is 77.7 Å². The van der Waals surface area contributed by atoms with Gasteiger partial charge >= 0.3 is 0 Å². The first-order valence-corrected chi connectivity index (χ1v) is 11.0. The Morgan fingerprint density at radius 1 is 1.03 bits per heavy atom. The van der Waals surface area contributed by atoms with Crippen molar-refractivity contribution >= 4 is 38.9 Å². The van der Waals surface area contributed by atoms with Crippen LogP contribution in [0.3, 0.4) is 0 Å². The molecular weight excluding hydrogens is 408 g/mol. The van der Waals surface area contributed by atoms with E-state index in [1.807, 2.05) is 25.1 Å². The van der Waals surface area contributed by atoms with E-state index >= 15 is 0 Å². The van der Waals surface area contributed by atoms with Crippen molar-refractivity contribution in [2.24, 2.45) is 0 Å². The molecule has 0 bridgehead atoms. The maximum absolute atomic E-state index is 13.0. The monoisotopic (exact) mass is 426 g/mol. The molecule has 3 aromatic carbocycles. The predicted octanol–water partition coefficient (Wildman–Crippen LogP) is 4.73. The van der Waals surface area contributed by atoms with Gasteiger partial charge in [0.2, 0.25) is 0 Å². The molecule has 1 N–H and O–H groups in total. The Hall–Kier alpha value is -2.83. The second-order valence-electron chi connectivity index (χ2n) is 6.97. The van der Waals surface area contributed by atoms with Crippen molar-refractivity contribution in [3.8, 4) is 0 Å². The Morgan fingerprint density at radius 2 is 1.72 bits per heavy atom. The Bertz CT molecular complexity index is 1180. The molecule has 3 aromatic rings. The summed E-state index contributed by atoms with van der Waals surface area (Å²) in [6.07, 6.45) is 0.587. The normalized spacial score (nSPS) is 15.8. The van der Waals surface area contributed by atoms with Crippen LogP contribution < -0.4 is 9.62 Å². The largest absolute Gasteiger partial charge is 0.305 e. The van der Waals surface area contributed by atoms with Crippen LogP contribution in [-0.2, 0) is 16.4 Å². The lowest BCUT2D eigenvalue weighted by atomic mass is 10.1. The highest BCUT2D eigenvalue weighted by Crippen LogP contribution is 2.35. The summed E-state index contributed by atoms with van der Waals surface area (Å²) >= 11 is 6.07. The average molecular weight is 427 g/mol. The van der Waals surface area contributed by atoms with Crippen molar-refractivity contribution in [1.29, 1.82) is 0 Å². The number of nitrogens with one attached hydrogen (secondary N) is 1. The van der Waals surface area contributed by atoms with Crippen LogP contribution in [0.4, 0.5) is 11.4 Å². The number of hydrogen-bond acceptors (Lipinski definition) is 3. The molecule has 0 aliphatic carbocycles. The number of hydrogen-bond donors (Lipinski definition) is 1. The fraction of sp³-hybridized carbons (Fsp3) is 0.136. The molecular formula is C22H19ClN2O3S. The maximum Gasteiger partial charge on any atom is 0.261 e. The maximum atomic E-state index is 13.0. The van der Waals surface area contributed by atoms with Crippen LogP contribution in [0.2, 0.25) is 5.02 Å². The highest BCUT2D eigenvalue weighted by Gasteiger charge is 2.32. The SMILES string of the molecule is C[C@@H]1Cc2cc(S(=O)(=O)Nc3ccccc3Cl)ccc2N1C(=O)c1ccccc1. The molecule has 0 aromatic heterocycles. The zero-order valence-electron chi connectivity index (χ0n) is 15.7. The van der Waals surface area contributed by atoms with Crippen molar-refractivity contribution in [3.63, 3.8) is 0 Å². The number of fused-ring (bicyclic) bond motifs is 1. The summed E-state index contributed by atoms with van der Waals surface area (Å²) in [4.78, 5) is 14.8. The lowest BCUT2D eigenvalue weighted by Crippen LogP contribution is -2.35. The second-order valence-corrected chi connectivity index (χ2v) is 9.06. The number of para-hydroxylation sites is 1. The van der Waals surface area contributed by atoms with Crippen LogP contribution in [0, 0.1) is 0 Å². The third-order valence-corrected chi connectivity index (χ3v) is 6.63. The van der Waals surface area contributed by atoms with Crippen LogP contribution in [-0.4, -0.2) is 20.4 Å². The standard InChI is InChI=1S/C22H19ClN2O3S/c1-15-13-17-14-18(29(27,28)24-20-10-6-5-9-19(20)23)11-12-21(17)25(15)22(26)16-7-3-2-4-8-16/h2-12,14-15,24H,13H2,1H3/t15-/m1/s1. The molecule has 1 heterocycles. The van der Waals surface area contributed by atoms with Crippen LogP contribution in [0.5, 0.6) is 0 Å². The minimum Gasteiger partial charge on any atom is -0.305 e. The van der Waals surface area contributed by atoms with Crippen molar-refractivity contribution in [2.45, 2.75) is 24.3 Å². The first-order valence-electron chi connectivity index (χ1n) is 9.16. The molecule has 1 aliphatic heterocycles. The van der Waals surface area contributed by atoms with Gasteiger partial charge in [0.15, 0.2) is 0 Å². The third kappa shape index (κ3) is 3.73. The van der Waals surface area contributed by atoms with E-state index in [4.69, 9.17) is 11.6 Å². The van der Waals surface area contributed by atoms with Gasteiger partial charge in [-0.15, -0.1) is 0 Å². The van der Waals surface area contributed by atoms with Gasteiger partial charge in [0.05, 0.1) is 15.6 Å². The van der Waals surface area contributed by atoms with Gasteiger partial charge < -0.3 is 4.90 Å². The van der Waals surface area contributed by atoms with Crippen molar-refractivity contribution in [2.75, 3.05) is 9.62 Å². The number of anilines is 2. The van der Waals surface area contributed by atoms with Gasteiger partial charge in [0, 0.05) is 17.3 Å². The van der Waals surface area contributed by atoms with E-state index in [2.05, 4.69) is 4.72 Å². The van der Waals surface area contributed by atoms with Gasteiger partial charge in [-0.3, -0.25) is 9.52 Å². The molecule has 0 spiro atoms. The minimum atomic E-state index is -3.80. The molecule has 0 saturated carbocycles. The smallest absolute Gasteiger partial charge is 0.261 e. The summed E-state index contributed by atoms with van der Waals surface area (Å²) in [6, 6.07) is 20.5. The zero-order chi connectivity index (χ0) is 20.6. The molecule has 0 saturated heterocycles. The summed E-state index contributed by atoms with van der Waals surface area (Å²) < 4.78 is 28.2. The van der Waals surface area contributed by atoms with E-state index in [1.54, 1.807) is 53.4 Å². The molecule has 1 amide bonds. The Balaban J connectivity index is 1.65. The molecule has 0 radical (unpaired) electrons. The lowest BCUT2D eigenvalue weighted by molar-refractivity contribution is 0.0981. The van der Waals surface area contributed by atoms with Gasteiger partial charge in [-0.25, -0.2) is 8.42 Å². The van der Waals surface area contributed by atoms with Gasteiger partial charge in [-0.05, 0) is 61.4 Å². The Labute approximate surface area is 175 Å². The molecule has 0 fully saturated rings. The molecule has 0 unspecified atom stereocenters. The van der Waals surface area contributed by atoms with E-state index in [1.165, 1.54) is 6.07 Å². The topological polar surface area (TPSA) is 66.5 Å². The molecule has 148 valence electrons. The third-order valence-electron chi connectivity index (χ3n) is 4.93. The number of sulfonamides is 1. The van der Waals surface area contributed by atoms with E-state index in [-0.39, 0.29) is 16.8 Å². The quantitative estimate of drug-likeness (QED) is 0.655. The summed E-state index contributed by atoms with van der Waals surface area (Å²) in [5.74, 6) is -0.0957. The van der Waals surface area contributed by atoms with Gasteiger partial charge in [-0.2, -0.15) is 0 Å². The number of amides is 1. The minimum absolute atomic E-state index is 0.0628. The molecule has 1 atom stereocenters. The van der Waals surface area contributed by atoms with Crippen LogP contribution >= 0.6 is 11.6 Å². The lowest BCUT2D eigenvalue weighted by Gasteiger charge is -2.23. The first kappa shape index (κ1) is 19.5. The van der Waals surface area contributed by atoms with E-state index < -0.39 is 10.0 Å². The zero-order valence-corrected chi connectivity index (χ0v) is 17.2. The highest BCUT2D eigenvalue weighted by molar-refractivity contribution is 7.92. The Kier molecular flexibility index (Phi) is 5.06. The van der Waals surface area contributed by atoms with Crippen molar-refractivity contribution in [3.05, 3.63) is 88.9 Å². The van der Waals surface area contributed by atoms with Crippen molar-refractivity contribution < 1.29 is 13.2 Å². The van der Waals surface area contributed by atoms with E-state index in [0.29, 0.717) is 22.7 Å². The van der Waals surface area contributed by atoms with Gasteiger partial charge in [0.1, 0.15) is 0 Å². The number of carbonyl (C=O) groups is 1. The van der Waals surface area contributed by atoms with Gasteiger partial charge in [0.25, 0.3) is 15.9 Å². The molecule has 4 rings (SSSR count). The fourth-order valence-electron chi connectivity index (χ4n) is 3.55. The number of carbonyl (C=O) groups excluding carboxylic acids is 1. The predicted molar refractivity (Wildman–Crippen MR) is 115 cm³/mol. The molecule has 7 heteroatoms. The van der Waals surface area contributed by atoms with Crippen LogP contribution in [0.25, 0.3) is 0 Å². The number of benzene rings is 3. The van der Waals surface area contributed by atoms with Crippen molar-refractivity contribution in [1.82, 2.24) is 0 Å². The Morgan fingerprint density at radius 3 is 2.45 bits per heavy atom. The highest BCUT2D eigenvalue weighted by atomic mass is 35.5. The summed E-state index contributed by atoms with van der Waals surface area (Å²) in [7, 11) is -3.80. The molecule has 1 aliphatic rings. The number of rotatable bonds is 4. The summed E-state index contributed by atoms with van der Waals surface area (Å²) in [5, 5.41) is 0.325. The molecule has 5 nitrogen and oxygen atoms in total. The number of halogens is 1.